The van der Waals surface area contributed by atoms with Gasteiger partial charge in [0.2, 0.25) is 0 Å². The molecule has 0 bridgehead atoms. The van der Waals surface area contributed by atoms with Crippen molar-refractivity contribution in [1.29, 1.82) is 0 Å². The lowest BCUT2D eigenvalue weighted by Gasteiger charge is -2.41. The molecule has 1 heterocycles. The molecule has 9 heteroatoms. The monoisotopic (exact) mass is 528 g/mol. The Morgan fingerprint density at radius 1 is 0.895 bits per heavy atom. The summed E-state index contributed by atoms with van der Waals surface area (Å²) in [5.41, 5.74) is 0.302. The lowest BCUT2D eigenvalue weighted by molar-refractivity contribution is -0.00614. The molecule has 2 amide bonds. The number of carbonyl (C=O) groups is 2. The molecule has 0 spiro atoms. The highest BCUT2D eigenvalue weighted by Crippen LogP contribution is 2.22. The number of hydrogen-bond acceptors (Lipinski definition) is 7. The highest BCUT2D eigenvalue weighted by molar-refractivity contribution is 5.71. The van der Waals surface area contributed by atoms with Crippen LogP contribution >= 0.6 is 0 Å². The van der Waals surface area contributed by atoms with Gasteiger partial charge in [-0.05, 0) is 38.5 Å². The standard InChI is InChI=1S/C29H40N2O7/c1-29(2,3)38-28(33)31-16-15-30(27(32)37-22-23-10-6-5-7-11-23)21-24(31)14-19-36-26-13-8-12-25(20-26)35-18-9-17-34-4/h5-8,10-13,20,24H,9,14-19,21-22H2,1-4H3/t24-/m1/s1. The molecule has 9 nitrogen and oxygen atoms in total. The second-order valence-electron chi connectivity index (χ2n) is 10.1. The molecule has 2 aromatic carbocycles. The largest absolute Gasteiger partial charge is 0.493 e. The average molecular weight is 529 g/mol. The molecule has 3 rings (SSSR count). The van der Waals surface area contributed by atoms with Crippen molar-refractivity contribution in [2.24, 2.45) is 0 Å². The van der Waals surface area contributed by atoms with Crippen LogP contribution in [0.3, 0.4) is 0 Å². The van der Waals surface area contributed by atoms with Gasteiger partial charge in [0.1, 0.15) is 23.7 Å². The molecule has 1 fully saturated rings. The Bertz CT molecular complexity index is 1010. The van der Waals surface area contributed by atoms with Crippen LogP contribution in [-0.4, -0.2) is 80.2 Å². The normalized spacial score (nSPS) is 15.6. The first kappa shape index (κ1) is 29.1. The van der Waals surface area contributed by atoms with Crippen molar-refractivity contribution in [1.82, 2.24) is 9.80 Å². The SMILES string of the molecule is COCCCOc1cccc(OCC[C@@H]2CN(C(=O)OCc3ccccc3)CCN2C(=O)OC(C)(C)C)c1. The van der Waals surface area contributed by atoms with Crippen LogP contribution < -0.4 is 9.47 Å². The van der Waals surface area contributed by atoms with E-state index in [1.165, 1.54) is 0 Å². The van der Waals surface area contributed by atoms with E-state index in [1.54, 1.807) is 16.9 Å². The number of rotatable bonds is 11. The van der Waals surface area contributed by atoms with Gasteiger partial charge in [0.05, 0.1) is 19.3 Å². The van der Waals surface area contributed by atoms with Gasteiger partial charge >= 0.3 is 12.2 Å². The second-order valence-corrected chi connectivity index (χ2v) is 10.1. The summed E-state index contributed by atoms with van der Waals surface area (Å²) in [5.74, 6) is 1.40. The van der Waals surface area contributed by atoms with Crippen LogP contribution in [0, 0.1) is 0 Å². The first-order valence-electron chi connectivity index (χ1n) is 13.0. The molecule has 1 saturated heterocycles. The summed E-state index contributed by atoms with van der Waals surface area (Å²) in [6, 6.07) is 16.7. The Morgan fingerprint density at radius 2 is 1.61 bits per heavy atom. The van der Waals surface area contributed by atoms with E-state index < -0.39 is 17.8 Å². The number of carbonyl (C=O) groups excluding carboxylic acids is 2. The fraction of sp³-hybridized carbons (Fsp3) is 0.517. The zero-order valence-corrected chi connectivity index (χ0v) is 22.9. The van der Waals surface area contributed by atoms with Crippen LogP contribution in [-0.2, 0) is 20.8 Å². The molecule has 0 saturated carbocycles. The van der Waals surface area contributed by atoms with E-state index in [4.69, 9.17) is 23.7 Å². The topological polar surface area (TPSA) is 86.8 Å². The molecule has 1 aliphatic heterocycles. The molecule has 2 aromatic rings. The quantitative estimate of drug-likeness (QED) is 0.374. The summed E-state index contributed by atoms with van der Waals surface area (Å²) >= 11 is 0. The molecule has 208 valence electrons. The Morgan fingerprint density at radius 3 is 2.29 bits per heavy atom. The molecule has 0 unspecified atom stereocenters. The zero-order valence-electron chi connectivity index (χ0n) is 22.9. The van der Waals surface area contributed by atoms with Crippen LogP contribution in [0.5, 0.6) is 11.5 Å². The van der Waals surface area contributed by atoms with Gasteiger partial charge in [0, 0.05) is 52.3 Å². The van der Waals surface area contributed by atoms with Crippen LogP contribution in [0.15, 0.2) is 54.6 Å². The highest BCUT2D eigenvalue weighted by Gasteiger charge is 2.35. The van der Waals surface area contributed by atoms with E-state index in [9.17, 15) is 9.59 Å². The number of amides is 2. The molecule has 1 atom stereocenters. The summed E-state index contributed by atoms with van der Waals surface area (Å²) in [6.07, 6.45) is 0.516. The average Bonchev–Trinajstić information content (AvgIpc) is 2.89. The van der Waals surface area contributed by atoms with E-state index in [2.05, 4.69) is 0 Å². The molecule has 0 aliphatic carbocycles. The van der Waals surface area contributed by atoms with Crippen molar-refractivity contribution < 1.29 is 33.3 Å². The number of piperazine rings is 1. The van der Waals surface area contributed by atoms with Crippen molar-refractivity contribution >= 4 is 12.2 Å². The van der Waals surface area contributed by atoms with E-state index in [0.717, 1.165) is 17.7 Å². The molecule has 0 radical (unpaired) electrons. The lowest BCUT2D eigenvalue weighted by Crippen LogP contribution is -2.57. The van der Waals surface area contributed by atoms with E-state index in [-0.39, 0.29) is 12.6 Å². The predicted molar refractivity (Wildman–Crippen MR) is 143 cm³/mol. The van der Waals surface area contributed by atoms with Gasteiger partial charge in [0.25, 0.3) is 0 Å². The summed E-state index contributed by atoms with van der Waals surface area (Å²) < 4.78 is 27.9. The maximum atomic E-state index is 12.9. The maximum Gasteiger partial charge on any atom is 0.410 e. The first-order valence-corrected chi connectivity index (χ1v) is 13.0. The van der Waals surface area contributed by atoms with Gasteiger partial charge in [-0.2, -0.15) is 0 Å². The number of nitrogens with zero attached hydrogens (tertiary/aromatic N) is 2. The molecular weight excluding hydrogens is 488 g/mol. The van der Waals surface area contributed by atoms with Crippen LogP contribution in [0.1, 0.15) is 39.2 Å². The van der Waals surface area contributed by atoms with Crippen LogP contribution in [0.25, 0.3) is 0 Å². The molecule has 0 aromatic heterocycles. The first-order chi connectivity index (χ1) is 18.2. The minimum Gasteiger partial charge on any atom is -0.493 e. The van der Waals surface area contributed by atoms with Gasteiger partial charge in [-0.1, -0.05) is 36.4 Å². The number of hydrogen-bond donors (Lipinski definition) is 0. The van der Waals surface area contributed by atoms with Gasteiger partial charge in [-0.15, -0.1) is 0 Å². The smallest absolute Gasteiger partial charge is 0.410 e. The summed E-state index contributed by atoms with van der Waals surface area (Å²) in [4.78, 5) is 29.1. The molecule has 0 N–H and O–H groups in total. The fourth-order valence-electron chi connectivity index (χ4n) is 4.00. The third-order valence-corrected chi connectivity index (χ3v) is 5.86. The third-order valence-electron chi connectivity index (χ3n) is 5.86. The van der Waals surface area contributed by atoms with Gasteiger partial charge in [0.15, 0.2) is 0 Å². The molecule has 1 aliphatic rings. The van der Waals surface area contributed by atoms with E-state index in [1.807, 2.05) is 75.4 Å². The third kappa shape index (κ3) is 9.78. The van der Waals surface area contributed by atoms with Crippen molar-refractivity contribution in [3.63, 3.8) is 0 Å². The number of ether oxygens (including phenoxy) is 5. The minimum atomic E-state index is -0.617. The molecule has 38 heavy (non-hydrogen) atoms. The second kappa shape index (κ2) is 14.5. The van der Waals surface area contributed by atoms with Gasteiger partial charge in [-0.3, -0.25) is 0 Å². The summed E-state index contributed by atoms with van der Waals surface area (Å²) in [7, 11) is 1.66. The Labute approximate surface area is 225 Å². The number of methoxy groups -OCH3 is 1. The fourth-order valence-corrected chi connectivity index (χ4v) is 4.00. The molecular formula is C29H40N2O7. The van der Waals surface area contributed by atoms with E-state index >= 15 is 0 Å². The lowest BCUT2D eigenvalue weighted by atomic mass is 10.1. The Balaban J connectivity index is 1.58. The maximum absolute atomic E-state index is 12.9. The van der Waals surface area contributed by atoms with E-state index in [0.29, 0.717) is 51.6 Å². The van der Waals surface area contributed by atoms with Crippen LogP contribution in [0.2, 0.25) is 0 Å². The number of benzene rings is 2. The minimum absolute atomic E-state index is 0.198. The van der Waals surface area contributed by atoms with Gasteiger partial charge in [-0.25, -0.2) is 9.59 Å². The summed E-state index contributed by atoms with van der Waals surface area (Å²) in [6.45, 7) is 8.31. The van der Waals surface area contributed by atoms with Crippen molar-refractivity contribution in [2.45, 2.75) is 51.9 Å². The van der Waals surface area contributed by atoms with Crippen molar-refractivity contribution in [2.75, 3.05) is 46.6 Å². The highest BCUT2D eigenvalue weighted by atomic mass is 16.6. The van der Waals surface area contributed by atoms with Crippen molar-refractivity contribution in [3.8, 4) is 11.5 Å². The predicted octanol–water partition coefficient (Wildman–Crippen LogP) is 5.13. The summed E-state index contributed by atoms with van der Waals surface area (Å²) in [5, 5.41) is 0. The van der Waals surface area contributed by atoms with Crippen LogP contribution in [0.4, 0.5) is 9.59 Å². The Hall–Kier alpha value is -3.46. The zero-order chi connectivity index (χ0) is 27.4. The van der Waals surface area contributed by atoms with Gasteiger partial charge < -0.3 is 33.5 Å². The Kier molecular flexibility index (Phi) is 11.1. The van der Waals surface area contributed by atoms with Crippen molar-refractivity contribution in [3.05, 3.63) is 60.2 Å².